The molecule has 6 nitrogen and oxygen atoms in total. The van der Waals surface area contributed by atoms with E-state index >= 15 is 0 Å². The summed E-state index contributed by atoms with van der Waals surface area (Å²) in [4.78, 5) is 0. The van der Waals surface area contributed by atoms with E-state index in [1.165, 1.54) is 18.2 Å². The second-order valence-electron chi connectivity index (χ2n) is 4.29. The van der Waals surface area contributed by atoms with E-state index < -0.39 is 24.5 Å². The molecular weight excluding hydrogens is 390 g/mol. The van der Waals surface area contributed by atoms with Crippen molar-refractivity contribution in [2.45, 2.75) is 12.6 Å². The highest BCUT2D eigenvalue weighted by atomic mass is 79.9. The van der Waals surface area contributed by atoms with Gasteiger partial charge in [0.05, 0.1) is 4.47 Å². The number of benzene rings is 1. The van der Waals surface area contributed by atoms with E-state index in [4.69, 9.17) is 5.21 Å². The number of hydrogen-bond acceptors (Lipinski definition) is 6. The fourth-order valence-electron chi connectivity index (χ4n) is 1.61. The zero-order valence-corrected chi connectivity index (χ0v) is 12.7. The SMILES string of the molecule is ON=C(Cc1ccc(F)c(Br)c1)c1nonc1OCC(F)(F)F. The average Bonchev–Trinajstić information content (AvgIpc) is 2.94. The van der Waals surface area contributed by atoms with Crippen LogP contribution in [0.4, 0.5) is 17.6 Å². The third-order valence-electron chi connectivity index (χ3n) is 2.58. The summed E-state index contributed by atoms with van der Waals surface area (Å²) in [5.74, 6) is -1.05. The van der Waals surface area contributed by atoms with Crippen LogP contribution in [0.3, 0.4) is 0 Å². The minimum absolute atomic E-state index is 0.0635. The van der Waals surface area contributed by atoms with Crippen LogP contribution >= 0.6 is 15.9 Å². The second-order valence-corrected chi connectivity index (χ2v) is 5.15. The molecule has 0 aliphatic rings. The van der Waals surface area contributed by atoms with E-state index in [1.807, 2.05) is 0 Å². The Morgan fingerprint density at radius 2 is 2.09 bits per heavy atom. The van der Waals surface area contributed by atoms with Gasteiger partial charge >= 0.3 is 6.18 Å². The molecule has 1 aromatic heterocycles. The third kappa shape index (κ3) is 4.65. The Balaban J connectivity index is 2.18. The van der Waals surface area contributed by atoms with E-state index in [0.29, 0.717) is 5.56 Å². The first kappa shape index (κ1) is 17.2. The first-order chi connectivity index (χ1) is 10.8. The van der Waals surface area contributed by atoms with E-state index in [-0.39, 0.29) is 22.3 Å². The van der Waals surface area contributed by atoms with Crippen LogP contribution in [0.1, 0.15) is 11.3 Å². The molecule has 0 saturated heterocycles. The molecule has 0 unspecified atom stereocenters. The molecule has 0 saturated carbocycles. The minimum atomic E-state index is -4.57. The normalized spacial score (nSPS) is 12.5. The lowest BCUT2D eigenvalue weighted by Crippen LogP contribution is -2.20. The highest BCUT2D eigenvalue weighted by Crippen LogP contribution is 2.22. The smallest absolute Gasteiger partial charge is 0.422 e. The molecule has 0 fully saturated rings. The molecule has 11 heteroatoms. The van der Waals surface area contributed by atoms with Gasteiger partial charge in [-0.3, -0.25) is 0 Å². The van der Waals surface area contributed by atoms with Crippen molar-refractivity contribution in [2.75, 3.05) is 6.61 Å². The highest BCUT2D eigenvalue weighted by molar-refractivity contribution is 9.10. The summed E-state index contributed by atoms with van der Waals surface area (Å²) in [6.07, 6.45) is -4.64. The Morgan fingerprint density at radius 3 is 2.70 bits per heavy atom. The maximum atomic E-state index is 13.2. The molecule has 124 valence electrons. The maximum Gasteiger partial charge on any atom is 0.422 e. The van der Waals surface area contributed by atoms with Crippen molar-refractivity contribution < 1.29 is 32.1 Å². The number of hydrogen-bond donors (Lipinski definition) is 1. The van der Waals surface area contributed by atoms with Gasteiger partial charge in [0.1, 0.15) is 11.5 Å². The Kier molecular flexibility index (Phi) is 5.19. The number of halogens is 5. The predicted octanol–water partition coefficient (Wildman–Crippen LogP) is 3.33. The molecule has 1 N–H and O–H groups in total. The largest absolute Gasteiger partial charge is 0.464 e. The van der Waals surface area contributed by atoms with Crippen LogP contribution in [0.15, 0.2) is 32.5 Å². The monoisotopic (exact) mass is 397 g/mol. The van der Waals surface area contributed by atoms with Gasteiger partial charge in [-0.25, -0.2) is 9.02 Å². The molecule has 2 aromatic rings. The summed E-state index contributed by atoms with van der Waals surface area (Å²) in [5, 5.41) is 18.6. The number of oxime groups is 1. The molecule has 1 aromatic carbocycles. The quantitative estimate of drug-likeness (QED) is 0.362. The van der Waals surface area contributed by atoms with Gasteiger partial charge in [-0.1, -0.05) is 11.2 Å². The van der Waals surface area contributed by atoms with Crippen LogP contribution in [-0.4, -0.2) is 34.0 Å². The number of aromatic nitrogens is 2. The van der Waals surface area contributed by atoms with Gasteiger partial charge in [-0.05, 0) is 43.9 Å². The maximum absolute atomic E-state index is 13.2. The molecule has 23 heavy (non-hydrogen) atoms. The summed E-state index contributed by atoms with van der Waals surface area (Å²) in [6.45, 7) is -1.60. The van der Waals surface area contributed by atoms with E-state index in [9.17, 15) is 17.6 Å². The van der Waals surface area contributed by atoms with E-state index in [2.05, 4.69) is 40.8 Å². The second kappa shape index (κ2) is 6.94. The summed E-state index contributed by atoms with van der Waals surface area (Å²) in [5.41, 5.74) is 0.0787. The number of alkyl halides is 3. The van der Waals surface area contributed by atoms with Gasteiger partial charge in [-0.15, -0.1) is 0 Å². The molecule has 0 aliphatic heterocycles. The van der Waals surface area contributed by atoms with Gasteiger partial charge in [0.25, 0.3) is 5.88 Å². The van der Waals surface area contributed by atoms with Crippen LogP contribution in [0, 0.1) is 5.82 Å². The first-order valence-corrected chi connectivity index (χ1v) is 6.77. The first-order valence-electron chi connectivity index (χ1n) is 5.97. The Morgan fingerprint density at radius 1 is 1.35 bits per heavy atom. The Bertz CT molecular complexity index is 718. The lowest BCUT2D eigenvalue weighted by Gasteiger charge is -2.07. The number of nitrogens with zero attached hydrogens (tertiary/aromatic N) is 3. The average molecular weight is 398 g/mol. The summed E-state index contributed by atoms with van der Waals surface area (Å²) in [7, 11) is 0. The molecule has 0 amide bonds. The van der Waals surface area contributed by atoms with Crippen LogP contribution < -0.4 is 4.74 Å². The van der Waals surface area contributed by atoms with Crippen molar-refractivity contribution in [3.05, 3.63) is 39.7 Å². The van der Waals surface area contributed by atoms with E-state index in [0.717, 1.165) is 0 Å². The molecule has 0 aliphatic carbocycles. The van der Waals surface area contributed by atoms with Crippen molar-refractivity contribution in [3.8, 4) is 5.88 Å². The van der Waals surface area contributed by atoms with Crippen LogP contribution in [0.2, 0.25) is 0 Å². The van der Waals surface area contributed by atoms with Crippen molar-refractivity contribution >= 4 is 21.6 Å². The molecule has 0 atom stereocenters. The fourth-order valence-corrected chi connectivity index (χ4v) is 2.04. The lowest BCUT2D eigenvalue weighted by molar-refractivity contribution is -0.154. The molecule has 2 rings (SSSR count). The fraction of sp³-hybridized carbons (Fsp3) is 0.250. The van der Waals surface area contributed by atoms with Crippen molar-refractivity contribution in [3.63, 3.8) is 0 Å². The van der Waals surface area contributed by atoms with Crippen molar-refractivity contribution in [1.29, 1.82) is 0 Å². The minimum Gasteiger partial charge on any atom is -0.464 e. The topological polar surface area (TPSA) is 80.7 Å². The highest BCUT2D eigenvalue weighted by Gasteiger charge is 2.30. The number of ether oxygens (including phenoxy) is 1. The van der Waals surface area contributed by atoms with Crippen LogP contribution in [0.5, 0.6) is 5.88 Å². The van der Waals surface area contributed by atoms with Gasteiger partial charge in [0.15, 0.2) is 12.3 Å². The van der Waals surface area contributed by atoms with Gasteiger partial charge in [-0.2, -0.15) is 13.2 Å². The molecule has 0 radical (unpaired) electrons. The third-order valence-corrected chi connectivity index (χ3v) is 3.19. The summed E-state index contributed by atoms with van der Waals surface area (Å²) < 4.78 is 58.6. The van der Waals surface area contributed by atoms with Gasteiger partial charge in [0, 0.05) is 6.42 Å². The molecule has 0 bridgehead atoms. The van der Waals surface area contributed by atoms with Crippen LogP contribution in [0.25, 0.3) is 0 Å². The lowest BCUT2D eigenvalue weighted by atomic mass is 10.1. The standard InChI is InChI=1S/C12H8BrF4N3O3/c13-7-3-6(1-2-8(7)14)4-9(18-21)10-11(20-23-19-10)22-5-12(15,16)17/h1-3,21H,4-5H2. The zero-order chi connectivity index (χ0) is 17.0. The number of rotatable bonds is 5. The summed E-state index contributed by atoms with van der Waals surface area (Å²) in [6, 6.07) is 4.01. The van der Waals surface area contributed by atoms with Crippen LogP contribution in [-0.2, 0) is 6.42 Å². The van der Waals surface area contributed by atoms with Gasteiger partial charge < -0.3 is 9.94 Å². The van der Waals surface area contributed by atoms with Crippen molar-refractivity contribution in [2.24, 2.45) is 5.16 Å². The van der Waals surface area contributed by atoms with E-state index in [1.54, 1.807) is 0 Å². The molecule has 0 spiro atoms. The molecule has 1 heterocycles. The zero-order valence-electron chi connectivity index (χ0n) is 11.1. The molecular formula is C12H8BrF4N3O3. The Labute approximate surface area is 134 Å². The Hall–Kier alpha value is -2.17. The van der Waals surface area contributed by atoms with Crippen molar-refractivity contribution in [1.82, 2.24) is 10.3 Å². The summed E-state index contributed by atoms with van der Waals surface area (Å²) >= 11 is 2.99. The van der Waals surface area contributed by atoms with Gasteiger partial charge in [0.2, 0.25) is 0 Å². The predicted molar refractivity (Wildman–Crippen MR) is 72.0 cm³/mol.